The summed E-state index contributed by atoms with van der Waals surface area (Å²) in [5.41, 5.74) is 0. The second-order valence-corrected chi connectivity index (χ2v) is 5.66. The number of hydrogen-bond donors (Lipinski definition) is 1. The maximum atomic E-state index is 13.1. The highest BCUT2D eigenvalue weighted by atomic mass is 19.1. The number of ether oxygens (including phenoxy) is 1. The Kier molecular flexibility index (Phi) is 4.68. The van der Waals surface area contributed by atoms with Crippen LogP contribution in [0.15, 0.2) is 24.3 Å². The fourth-order valence-electron chi connectivity index (χ4n) is 2.74. The average molecular weight is 304 g/mol. The first-order chi connectivity index (χ1) is 10.7. The maximum absolute atomic E-state index is 13.1. The Morgan fingerprint density at radius 1 is 1.32 bits per heavy atom. The lowest BCUT2D eigenvalue weighted by atomic mass is 10.1. The zero-order chi connectivity index (χ0) is 15.4. The second-order valence-electron chi connectivity index (χ2n) is 5.66. The molecular weight excluding hydrogens is 283 g/mol. The van der Waals surface area contributed by atoms with E-state index in [1.54, 1.807) is 12.1 Å². The van der Waals surface area contributed by atoms with Crippen LogP contribution in [0.1, 0.15) is 43.9 Å². The third-order valence-corrected chi connectivity index (χ3v) is 4.03. The molecule has 0 saturated carbocycles. The van der Waals surface area contributed by atoms with Gasteiger partial charge in [-0.05, 0) is 45.0 Å². The van der Waals surface area contributed by atoms with E-state index in [9.17, 15) is 4.39 Å². The van der Waals surface area contributed by atoms with Gasteiger partial charge in [-0.2, -0.15) is 5.10 Å². The predicted octanol–water partition coefficient (Wildman–Crippen LogP) is 3.07. The number of nitrogens with zero attached hydrogens (tertiary/aromatic N) is 3. The first kappa shape index (κ1) is 15.0. The molecule has 2 aromatic rings. The molecule has 1 aromatic carbocycles. The van der Waals surface area contributed by atoms with E-state index in [0.717, 1.165) is 18.9 Å². The molecule has 0 unspecified atom stereocenters. The Bertz CT molecular complexity index is 610. The highest BCUT2D eigenvalue weighted by Crippen LogP contribution is 2.21. The van der Waals surface area contributed by atoms with E-state index in [1.165, 1.54) is 31.4 Å². The third-order valence-electron chi connectivity index (χ3n) is 4.03. The molecule has 2 heterocycles. The summed E-state index contributed by atoms with van der Waals surface area (Å²) in [6, 6.07) is 6.29. The Balaban J connectivity index is 1.58. The summed E-state index contributed by atoms with van der Waals surface area (Å²) in [4.78, 5) is 6.90. The van der Waals surface area contributed by atoms with Crippen molar-refractivity contribution in [2.24, 2.45) is 0 Å². The number of H-pyrrole nitrogens is 1. The van der Waals surface area contributed by atoms with Gasteiger partial charge in [0.25, 0.3) is 0 Å². The minimum Gasteiger partial charge on any atom is -0.486 e. The summed E-state index contributed by atoms with van der Waals surface area (Å²) in [6.07, 6.45) is 3.79. The van der Waals surface area contributed by atoms with Gasteiger partial charge in [-0.1, -0.05) is 12.5 Å². The van der Waals surface area contributed by atoms with Gasteiger partial charge in [0.2, 0.25) is 0 Å². The first-order valence-electron chi connectivity index (χ1n) is 7.76. The van der Waals surface area contributed by atoms with E-state index in [-0.39, 0.29) is 18.5 Å². The molecule has 0 bridgehead atoms. The van der Waals surface area contributed by atoms with Crippen molar-refractivity contribution in [3.05, 3.63) is 41.7 Å². The van der Waals surface area contributed by atoms with Crippen molar-refractivity contribution in [2.75, 3.05) is 13.1 Å². The van der Waals surface area contributed by atoms with Crippen molar-refractivity contribution in [3.63, 3.8) is 0 Å². The van der Waals surface area contributed by atoms with Crippen molar-refractivity contribution >= 4 is 0 Å². The van der Waals surface area contributed by atoms with Gasteiger partial charge in [0, 0.05) is 6.07 Å². The van der Waals surface area contributed by atoms with Crippen LogP contribution in [-0.2, 0) is 6.61 Å². The van der Waals surface area contributed by atoms with Gasteiger partial charge in [0.15, 0.2) is 11.6 Å². The van der Waals surface area contributed by atoms with E-state index in [0.29, 0.717) is 11.6 Å². The van der Waals surface area contributed by atoms with Crippen LogP contribution in [0.3, 0.4) is 0 Å². The fraction of sp³-hybridized carbons (Fsp3) is 0.500. The molecule has 0 radical (unpaired) electrons. The molecule has 1 aliphatic rings. The quantitative estimate of drug-likeness (QED) is 0.922. The van der Waals surface area contributed by atoms with Gasteiger partial charge in [-0.3, -0.25) is 10.00 Å². The van der Waals surface area contributed by atoms with Gasteiger partial charge < -0.3 is 4.74 Å². The van der Waals surface area contributed by atoms with Gasteiger partial charge in [0.05, 0.1) is 6.04 Å². The molecular formula is C16H21FN4O. The summed E-state index contributed by atoms with van der Waals surface area (Å²) in [7, 11) is 0. The number of rotatable bonds is 5. The summed E-state index contributed by atoms with van der Waals surface area (Å²) in [6.45, 7) is 4.59. The predicted molar refractivity (Wildman–Crippen MR) is 81.0 cm³/mol. The Morgan fingerprint density at radius 3 is 2.91 bits per heavy atom. The smallest absolute Gasteiger partial charge is 0.167 e. The molecule has 1 saturated heterocycles. The zero-order valence-electron chi connectivity index (χ0n) is 12.8. The van der Waals surface area contributed by atoms with Gasteiger partial charge >= 0.3 is 0 Å². The Hall–Kier alpha value is -1.95. The van der Waals surface area contributed by atoms with Crippen molar-refractivity contribution in [2.45, 2.75) is 38.8 Å². The van der Waals surface area contributed by atoms with Crippen LogP contribution in [0, 0.1) is 5.82 Å². The number of aromatic nitrogens is 3. The molecule has 0 amide bonds. The number of hydrogen-bond acceptors (Lipinski definition) is 4. The molecule has 6 heteroatoms. The van der Waals surface area contributed by atoms with Gasteiger partial charge in [0.1, 0.15) is 18.2 Å². The summed E-state index contributed by atoms with van der Waals surface area (Å²) in [5.74, 6) is 1.62. The first-order valence-corrected chi connectivity index (χ1v) is 7.76. The molecule has 5 nitrogen and oxygen atoms in total. The standard InChI is InChI=1S/C16H21FN4O/c1-12(21-8-3-2-4-9-21)16-18-15(19-20-16)11-22-14-7-5-6-13(17)10-14/h5-7,10,12H,2-4,8-9,11H2,1H3,(H,18,19,20)/t12-/m0/s1. The number of halogens is 1. The lowest BCUT2D eigenvalue weighted by Gasteiger charge is -2.30. The zero-order valence-corrected chi connectivity index (χ0v) is 12.8. The lowest BCUT2D eigenvalue weighted by Crippen LogP contribution is -2.32. The van der Waals surface area contributed by atoms with E-state index >= 15 is 0 Å². The van der Waals surface area contributed by atoms with E-state index in [2.05, 4.69) is 27.0 Å². The van der Waals surface area contributed by atoms with Crippen molar-refractivity contribution in [1.82, 2.24) is 20.1 Å². The summed E-state index contributed by atoms with van der Waals surface area (Å²) < 4.78 is 18.6. The minimum atomic E-state index is -0.311. The molecule has 118 valence electrons. The van der Waals surface area contributed by atoms with Crippen LogP contribution < -0.4 is 4.74 Å². The summed E-state index contributed by atoms with van der Waals surface area (Å²) in [5, 5.41) is 7.19. The van der Waals surface area contributed by atoms with Crippen LogP contribution in [0.25, 0.3) is 0 Å². The van der Waals surface area contributed by atoms with Crippen molar-refractivity contribution in [3.8, 4) is 5.75 Å². The third kappa shape index (κ3) is 3.62. The average Bonchev–Trinajstić information content (AvgIpc) is 3.02. The van der Waals surface area contributed by atoms with Gasteiger partial charge in [-0.15, -0.1) is 0 Å². The lowest BCUT2D eigenvalue weighted by molar-refractivity contribution is 0.169. The van der Waals surface area contributed by atoms with E-state index in [4.69, 9.17) is 4.74 Å². The number of likely N-dealkylation sites (tertiary alicyclic amines) is 1. The summed E-state index contributed by atoms with van der Waals surface area (Å²) >= 11 is 0. The molecule has 3 rings (SSSR count). The van der Waals surface area contributed by atoms with Crippen LogP contribution in [0.4, 0.5) is 4.39 Å². The Morgan fingerprint density at radius 2 is 2.14 bits per heavy atom. The number of aromatic amines is 1. The van der Waals surface area contributed by atoms with E-state index < -0.39 is 0 Å². The topological polar surface area (TPSA) is 54.0 Å². The minimum absolute atomic E-state index is 0.208. The molecule has 0 spiro atoms. The largest absolute Gasteiger partial charge is 0.486 e. The normalized spacial score (nSPS) is 17.4. The molecule has 1 N–H and O–H groups in total. The van der Waals surface area contributed by atoms with Gasteiger partial charge in [-0.25, -0.2) is 9.37 Å². The molecule has 1 aromatic heterocycles. The van der Waals surface area contributed by atoms with E-state index in [1.807, 2.05) is 0 Å². The Labute approximate surface area is 129 Å². The highest BCUT2D eigenvalue weighted by molar-refractivity contribution is 5.22. The molecule has 1 fully saturated rings. The van der Waals surface area contributed by atoms with Crippen LogP contribution in [0.5, 0.6) is 5.75 Å². The number of piperidine rings is 1. The van der Waals surface area contributed by atoms with Crippen LogP contribution in [-0.4, -0.2) is 33.2 Å². The van der Waals surface area contributed by atoms with Crippen molar-refractivity contribution in [1.29, 1.82) is 0 Å². The molecule has 0 aliphatic carbocycles. The number of nitrogens with one attached hydrogen (secondary N) is 1. The molecule has 22 heavy (non-hydrogen) atoms. The van der Waals surface area contributed by atoms with Crippen LogP contribution >= 0.6 is 0 Å². The molecule has 1 atom stereocenters. The monoisotopic (exact) mass is 304 g/mol. The van der Waals surface area contributed by atoms with Crippen LogP contribution in [0.2, 0.25) is 0 Å². The maximum Gasteiger partial charge on any atom is 0.167 e. The SMILES string of the molecule is C[C@@H](c1n[nH]c(COc2cccc(F)c2)n1)N1CCCCC1. The second kappa shape index (κ2) is 6.87. The fourth-order valence-corrected chi connectivity index (χ4v) is 2.74. The highest BCUT2D eigenvalue weighted by Gasteiger charge is 2.21. The number of benzene rings is 1. The van der Waals surface area contributed by atoms with Crippen molar-refractivity contribution < 1.29 is 9.13 Å². The molecule has 1 aliphatic heterocycles.